The fourth-order valence-electron chi connectivity index (χ4n) is 1.52. The Morgan fingerprint density at radius 2 is 1.67 bits per heavy atom. The molecule has 0 radical (unpaired) electrons. The molecule has 0 heterocycles. The van der Waals surface area contributed by atoms with Crippen molar-refractivity contribution in [2.24, 2.45) is 0 Å². The summed E-state index contributed by atoms with van der Waals surface area (Å²) in [7, 11) is 0. The first-order valence-corrected chi connectivity index (χ1v) is 7.38. The summed E-state index contributed by atoms with van der Waals surface area (Å²) in [5.41, 5.74) is 1.08. The summed E-state index contributed by atoms with van der Waals surface area (Å²) in [6.45, 7) is 0.457. The lowest BCUT2D eigenvalue weighted by molar-refractivity contribution is 0.306. The van der Waals surface area contributed by atoms with Crippen LogP contribution in [0.15, 0.2) is 47.4 Å². The third kappa shape index (κ3) is 3.35. The highest BCUT2D eigenvalue weighted by molar-refractivity contribution is 7.98. The zero-order valence-electron chi connectivity index (χ0n) is 9.82. The molecular formula is C14H12Cl2OS. The summed E-state index contributed by atoms with van der Waals surface area (Å²) in [6.07, 6.45) is 1.98. The quantitative estimate of drug-likeness (QED) is 0.709. The highest BCUT2D eigenvalue weighted by atomic mass is 35.5. The van der Waals surface area contributed by atoms with Gasteiger partial charge in [0, 0.05) is 4.90 Å². The second-order valence-corrected chi connectivity index (χ2v) is 5.39. The minimum atomic E-state index is 0.457. The molecule has 0 saturated heterocycles. The van der Waals surface area contributed by atoms with Crippen LogP contribution in [-0.2, 0) is 6.61 Å². The van der Waals surface area contributed by atoms with Gasteiger partial charge in [-0.2, -0.15) is 0 Å². The van der Waals surface area contributed by atoms with E-state index in [0.29, 0.717) is 22.4 Å². The minimum Gasteiger partial charge on any atom is -0.486 e. The first-order valence-electron chi connectivity index (χ1n) is 5.40. The highest BCUT2D eigenvalue weighted by Crippen LogP contribution is 2.37. The van der Waals surface area contributed by atoms with Gasteiger partial charge in [0.2, 0.25) is 0 Å². The van der Waals surface area contributed by atoms with Crippen LogP contribution in [0.4, 0.5) is 0 Å². The Kier molecular flexibility index (Phi) is 4.81. The van der Waals surface area contributed by atoms with Crippen molar-refractivity contribution in [2.75, 3.05) is 6.26 Å². The largest absolute Gasteiger partial charge is 0.486 e. The maximum Gasteiger partial charge on any atom is 0.157 e. The Bertz CT molecular complexity index is 506. The van der Waals surface area contributed by atoms with E-state index >= 15 is 0 Å². The molecule has 94 valence electrons. The summed E-state index contributed by atoms with van der Waals surface area (Å²) in [4.78, 5) is 1.03. The lowest BCUT2D eigenvalue weighted by atomic mass is 10.2. The van der Waals surface area contributed by atoms with Crippen molar-refractivity contribution in [2.45, 2.75) is 11.5 Å². The van der Waals surface area contributed by atoms with E-state index in [4.69, 9.17) is 27.9 Å². The van der Waals surface area contributed by atoms with Crippen LogP contribution >= 0.6 is 35.0 Å². The topological polar surface area (TPSA) is 9.23 Å². The summed E-state index contributed by atoms with van der Waals surface area (Å²) in [5, 5.41) is 1.09. The second-order valence-electron chi connectivity index (χ2n) is 3.69. The normalized spacial score (nSPS) is 10.4. The van der Waals surface area contributed by atoms with Gasteiger partial charge in [0.15, 0.2) is 5.75 Å². The highest BCUT2D eigenvalue weighted by Gasteiger charge is 2.09. The number of hydrogen-bond acceptors (Lipinski definition) is 2. The molecule has 0 bridgehead atoms. The Labute approximate surface area is 121 Å². The smallest absolute Gasteiger partial charge is 0.157 e. The van der Waals surface area contributed by atoms with Gasteiger partial charge < -0.3 is 4.74 Å². The molecular weight excluding hydrogens is 287 g/mol. The maximum absolute atomic E-state index is 6.16. The van der Waals surface area contributed by atoms with Crippen LogP contribution in [0.5, 0.6) is 5.75 Å². The fourth-order valence-corrected chi connectivity index (χ4v) is 2.72. The molecule has 0 aliphatic heterocycles. The predicted molar refractivity (Wildman–Crippen MR) is 79.0 cm³/mol. The monoisotopic (exact) mass is 298 g/mol. The third-order valence-corrected chi connectivity index (χ3v) is 3.70. The lowest BCUT2D eigenvalue weighted by Crippen LogP contribution is -1.96. The van der Waals surface area contributed by atoms with Crippen molar-refractivity contribution in [3.63, 3.8) is 0 Å². The van der Waals surface area contributed by atoms with Crippen LogP contribution in [0, 0.1) is 0 Å². The fraction of sp³-hybridized carbons (Fsp3) is 0.143. The third-order valence-electron chi connectivity index (χ3n) is 2.43. The number of hydrogen-bond donors (Lipinski definition) is 0. The van der Waals surface area contributed by atoms with Crippen LogP contribution in [0.2, 0.25) is 10.0 Å². The molecule has 0 amide bonds. The summed E-state index contributed by atoms with van der Waals surface area (Å²) >= 11 is 13.9. The van der Waals surface area contributed by atoms with Gasteiger partial charge in [-0.3, -0.25) is 0 Å². The van der Waals surface area contributed by atoms with Crippen LogP contribution < -0.4 is 4.74 Å². The number of halogens is 2. The van der Waals surface area contributed by atoms with Crippen molar-refractivity contribution < 1.29 is 4.74 Å². The van der Waals surface area contributed by atoms with E-state index in [9.17, 15) is 0 Å². The van der Waals surface area contributed by atoms with Crippen LogP contribution in [0.1, 0.15) is 5.56 Å². The Morgan fingerprint density at radius 1 is 1.06 bits per heavy atom. The SMILES string of the molecule is CSc1cc(Cl)c(OCc2ccccc2)c(Cl)c1. The van der Waals surface area contributed by atoms with E-state index in [2.05, 4.69) is 0 Å². The standard InChI is InChI=1S/C14H12Cl2OS/c1-18-11-7-12(15)14(13(16)8-11)17-9-10-5-3-2-4-6-10/h2-8H,9H2,1H3. The molecule has 0 saturated carbocycles. The van der Waals surface area contributed by atoms with E-state index in [1.54, 1.807) is 11.8 Å². The first-order chi connectivity index (χ1) is 8.70. The maximum atomic E-state index is 6.16. The summed E-state index contributed by atoms with van der Waals surface area (Å²) in [6, 6.07) is 13.6. The molecule has 2 aromatic rings. The number of ether oxygens (including phenoxy) is 1. The number of rotatable bonds is 4. The van der Waals surface area contributed by atoms with Crippen LogP contribution in [-0.4, -0.2) is 6.26 Å². The molecule has 0 aromatic heterocycles. The molecule has 2 aromatic carbocycles. The van der Waals surface area contributed by atoms with E-state index < -0.39 is 0 Å². The van der Waals surface area contributed by atoms with Gasteiger partial charge in [0.05, 0.1) is 10.0 Å². The van der Waals surface area contributed by atoms with E-state index in [1.165, 1.54) is 0 Å². The molecule has 0 unspecified atom stereocenters. The van der Waals surface area contributed by atoms with Crippen molar-refractivity contribution in [3.8, 4) is 5.75 Å². The van der Waals surface area contributed by atoms with E-state index in [1.807, 2.05) is 48.7 Å². The Hall–Kier alpha value is -0.830. The van der Waals surface area contributed by atoms with Gasteiger partial charge in [0.1, 0.15) is 6.61 Å². The molecule has 0 atom stereocenters. The minimum absolute atomic E-state index is 0.457. The van der Waals surface area contributed by atoms with Crippen molar-refractivity contribution in [3.05, 3.63) is 58.1 Å². The Morgan fingerprint density at radius 3 is 2.22 bits per heavy atom. The number of thioether (sulfide) groups is 1. The average Bonchev–Trinajstić information content (AvgIpc) is 2.38. The predicted octanol–water partition coefficient (Wildman–Crippen LogP) is 5.29. The summed E-state index contributed by atoms with van der Waals surface area (Å²) < 4.78 is 5.68. The summed E-state index contributed by atoms with van der Waals surface area (Å²) in [5.74, 6) is 0.542. The van der Waals surface area contributed by atoms with E-state index in [0.717, 1.165) is 10.5 Å². The molecule has 0 N–H and O–H groups in total. The molecule has 0 aliphatic rings. The average molecular weight is 299 g/mol. The molecule has 2 rings (SSSR count). The van der Waals surface area contributed by atoms with Gasteiger partial charge in [-0.15, -0.1) is 11.8 Å². The van der Waals surface area contributed by atoms with Gasteiger partial charge in [-0.25, -0.2) is 0 Å². The van der Waals surface area contributed by atoms with E-state index in [-0.39, 0.29) is 0 Å². The Balaban J connectivity index is 2.15. The molecule has 0 fully saturated rings. The van der Waals surface area contributed by atoms with Crippen LogP contribution in [0.25, 0.3) is 0 Å². The molecule has 4 heteroatoms. The molecule has 18 heavy (non-hydrogen) atoms. The molecule has 0 aliphatic carbocycles. The van der Waals surface area contributed by atoms with Crippen molar-refractivity contribution in [1.29, 1.82) is 0 Å². The van der Waals surface area contributed by atoms with Gasteiger partial charge in [-0.05, 0) is 24.0 Å². The molecule has 1 nitrogen and oxygen atoms in total. The lowest BCUT2D eigenvalue weighted by Gasteiger charge is -2.11. The van der Waals surface area contributed by atoms with Gasteiger partial charge >= 0.3 is 0 Å². The van der Waals surface area contributed by atoms with Crippen LogP contribution in [0.3, 0.4) is 0 Å². The molecule has 0 spiro atoms. The first kappa shape index (κ1) is 13.6. The van der Waals surface area contributed by atoms with Gasteiger partial charge in [0.25, 0.3) is 0 Å². The van der Waals surface area contributed by atoms with Crippen molar-refractivity contribution >= 4 is 35.0 Å². The van der Waals surface area contributed by atoms with Crippen molar-refractivity contribution in [1.82, 2.24) is 0 Å². The zero-order valence-corrected chi connectivity index (χ0v) is 12.1. The second kappa shape index (κ2) is 6.37. The number of benzene rings is 2. The van der Waals surface area contributed by atoms with Gasteiger partial charge in [-0.1, -0.05) is 53.5 Å². The zero-order chi connectivity index (χ0) is 13.0.